The molecule has 0 amide bonds. The van der Waals surface area contributed by atoms with E-state index in [4.69, 9.17) is 0 Å². The molecule has 0 bridgehead atoms. The molecule has 16 heavy (non-hydrogen) atoms. The van der Waals surface area contributed by atoms with Crippen LogP contribution in [0.2, 0.25) is 0 Å². The molecule has 0 spiro atoms. The lowest BCUT2D eigenvalue weighted by Gasteiger charge is -2.22. The Kier molecular flexibility index (Phi) is 3.92. The predicted molar refractivity (Wildman–Crippen MR) is 63.4 cm³/mol. The van der Waals surface area contributed by atoms with Gasteiger partial charge in [-0.1, -0.05) is 6.07 Å². The van der Waals surface area contributed by atoms with Crippen LogP contribution in [0.5, 0.6) is 0 Å². The topological polar surface area (TPSA) is 12.0 Å². The fourth-order valence-corrected chi connectivity index (χ4v) is 2.44. The van der Waals surface area contributed by atoms with Gasteiger partial charge in [0.2, 0.25) is 0 Å². The first-order valence-electron chi connectivity index (χ1n) is 5.51. The molecule has 1 aromatic carbocycles. The lowest BCUT2D eigenvalue weighted by Crippen LogP contribution is -2.31. The third-order valence-corrected chi connectivity index (χ3v) is 3.64. The molecule has 1 N–H and O–H groups in total. The van der Waals surface area contributed by atoms with Crippen LogP contribution in [0.15, 0.2) is 16.6 Å². The van der Waals surface area contributed by atoms with Gasteiger partial charge < -0.3 is 5.32 Å². The molecule has 1 unspecified atom stereocenters. The predicted octanol–water partition coefficient (Wildman–Crippen LogP) is 3.27. The molecule has 1 aliphatic rings. The van der Waals surface area contributed by atoms with E-state index in [1.807, 2.05) is 0 Å². The molecule has 2 rings (SSSR count). The highest BCUT2D eigenvalue weighted by Crippen LogP contribution is 2.24. The third-order valence-electron chi connectivity index (χ3n) is 3.02. The lowest BCUT2D eigenvalue weighted by molar-refractivity contribution is 0.369. The van der Waals surface area contributed by atoms with Crippen molar-refractivity contribution in [2.75, 3.05) is 13.1 Å². The van der Waals surface area contributed by atoms with Crippen LogP contribution in [-0.4, -0.2) is 13.1 Å². The number of hydrogen-bond donors (Lipinski definition) is 1. The zero-order valence-electron chi connectivity index (χ0n) is 8.90. The molecule has 1 fully saturated rings. The summed E-state index contributed by atoms with van der Waals surface area (Å²) in [5.41, 5.74) is 0.481. The van der Waals surface area contributed by atoms with E-state index in [2.05, 4.69) is 21.2 Å². The van der Waals surface area contributed by atoms with Crippen LogP contribution >= 0.6 is 15.9 Å². The van der Waals surface area contributed by atoms with E-state index in [0.717, 1.165) is 25.9 Å². The van der Waals surface area contributed by atoms with Crippen LogP contribution < -0.4 is 5.32 Å². The van der Waals surface area contributed by atoms with Gasteiger partial charge in [-0.2, -0.15) is 0 Å². The van der Waals surface area contributed by atoms with Crippen LogP contribution in [-0.2, 0) is 6.42 Å². The van der Waals surface area contributed by atoms with Crippen molar-refractivity contribution in [2.45, 2.75) is 19.3 Å². The van der Waals surface area contributed by atoms with Crippen molar-refractivity contribution in [3.8, 4) is 0 Å². The van der Waals surface area contributed by atoms with Crippen molar-refractivity contribution in [1.82, 2.24) is 5.32 Å². The smallest absolute Gasteiger partial charge is 0.173 e. The monoisotopic (exact) mass is 289 g/mol. The highest BCUT2D eigenvalue weighted by Gasteiger charge is 2.18. The van der Waals surface area contributed by atoms with E-state index in [1.54, 1.807) is 12.1 Å². The van der Waals surface area contributed by atoms with Crippen LogP contribution in [0.4, 0.5) is 8.78 Å². The van der Waals surface area contributed by atoms with Gasteiger partial charge in [0.05, 0.1) is 4.47 Å². The molecule has 0 saturated carbocycles. The number of nitrogens with one attached hydrogen (secondary N) is 1. The summed E-state index contributed by atoms with van der Waals surface area (Å²) in [6.07, 6.45) is 2.82. The fraction of sp³-hybridized carbons (Fsp3) is 0.500. The molecule has 0 radical (unpaired) electrons. The average Bonchev–Trinajstić information content (AvgIpc) is 2.31. The van der Waals surface area contributed by atoms with E-state index in [0.29, 0.717) is 17.9 Å². The number of hydrogen-bond acceptors (Lipinski definition) is 1. The average molecular weight is 290 g/mol. The second-order valence-corrected chi connectivity index (χ2v) is 5.11. The summed E-state index contributed by atoms with van der Waals surface area (Å²) in [4.78, 5) is 0. The maximum atomic E-state index is 13.6. The minimum absolute atomic E-state index is 0.190. The summed E-state index contributed by atoms with van der Waals surface area (Å²) in [7, 11) is 0. The molecule has 1 aromatic rings. The molecule has 88 valence electrons. The van der Waals surface area contributed by atoms with Crippen LogP contribution in [0.1, 0.15) is 18.4 Å². The van der Waals surface area contributed by atoms with Gasteiger partial charge in [0.15, 0.2) is 11.6 Å². The van der Waals surface area contributed by atoms with Crippen molar-refractivity contribution in [1.29, 1.82) is 0 Å². The Morgan fingerprint density at radius 1 is 1.31 bits per heavy atom. The Bertz CT molecular complexity index is 376. The highest BCUT2D eigenvalue weighted by atomic mass is 79.9. The summed E-state index contributed by atoms with van der Waals surface area (Å²) in [6, 6.07) is 3.24. The standard InChI is InChI=1S/C12H14BrF2N/c13-10-4-3-9(11(14)12(10)15)6-8-2-1-5-16-7-8/h3-4,8,16H,1-2,5-7H2. The Labute approximate surface area is 102 Å². The largest absolute Gasteiger partial charge is 0.316 e. The Morgan fingerprint density at radius 3 is 2.81 bits per heavy atom. The molecular weight excluding hydrogens is 276 g/mol. The molecule has 1 atom stereocenters. The summed E-state index contributed by atoms with van der Waals surface area (Å²) in [5.74, 6) is -1.06. The lowest BCUT2D eigenvalue weighted by atomic mass is 9.92. The molecule has 1 aliphatic heterocycles. The number of halogens is 3. The van der Waals surface area contributed by atoms with Crippen LogP contribution in [0.25, 0.3) is 0 Å². The normalized spacial score (nSPS) is 21.1. The Morgan fingerprint density at radius 2 is 2.12 bits per heavy atom. The summed E-state index contributed by atoms with van der Waals surface area (Å²) in [6.45, 7) is 1.94. The van der Waals surface area contributed by atoms with Crippen molar-refractivity contribution in [3.63, 3.8) is 0 Å². The summed E-state index contributed by atoms with van der Waals surface area (Å²) >= 11 is 2.98. The van der Waals surface area contributed by atoms with Gasteiger partial charge in [-0.3, -0.25) is 0 Å². The molecule has 1 heterocycles. The second-order valence-electron chi connectivity index (χ2n) is 4.25. The number of piperidine rings is 1. The molecular formula is C12H14BrF2N. The number of benzene rings is 1. The third kappa shape index (κ3) is 2.61. The molecule has 0 aliphatic carbocycles. The van der Waals surface area contributed by atoms with Crippen molar-refractivity contribution >= 4 is 15.9 Å². The van der Waals surface area contributed by atoms with Gasteiger partial charge in [0, 0.05) is 0 Å². The summed E-state index contributed by atoms with van der Waals surface area (Å²) < 4.78 is 27.1. The summed E-state index contributed by atoms with van der Waals surface area (Å²) in [5, 5.41) is 3.28. The van der Waals surface area contributed by atoms with Crippen LogP contribution in [0, 0.1) is 17.6 Å². The van der Waals surface area contributed by atoms with Gasteiger partial charge >= 0.3 is 0 Å². The first-order valence-corrected chi connectivity index (χ1v) is 6.31. The fourth-order valence-electron chi connectivity index (χ4n) is 2.13. The van der Waals surface area contributed by atoms with Gasteiger partial charge in [-0.15, -0.1) is 0 Å². The zero-order valence-corrected chi connectivity index (χ0v) is 10.5. The number of rotatable bonds is 2. The highest BCUT2D eigenvalue weighted by molar-refractivity contribution is 9.10. The minimum Gasteiger partial charge on any atom is -0.316 e. The SMILES string of the molecule is Fc1c(Br)ccc(CC2CCCNC2)c1F. The molecule has 4 heteroatoms. The van der Waals surface area contributed by atoms with E-state index < -0.39 is 11.6 Å². The van der Waals surface area contributed by atoms with Crippen molar-refractivity contribution < 1.29 is 8.78 Å². The van der Waals surface area contributed by atoms with Crippen molar-refractivity contribution in [2.24, 2.45) is 5.92 Å². The molecule has 1 saturated heterocycles. The zero-order chi connectivity index (χ0) is 11.5. The maximum absolute atomic E-state index is 13.6. The van der Waals surface area contributed by atoms with Gasteiger partial charge in [-0.05, 0) is 65.8 Å². The first kappa shape index (κ1) is 12.0. The Hall–Kier alpha value is -0.480. The van der Waals surface area contributed by atoms with Crippen molar-refractivity contribution in [3.05, 3.63) is 33.8 Å². The van der Waals surface area contributed by atoms with E-state index in [9.17, 15) is 8.78 Å². The van der Waals surface area contributed by atoms with E-state index >= 15 is 0 Å². The molecule has 1 nitrogen and oxygen atoms in total. The van der Waals surface area contributed by atoms with Crippen LogP contribution in [0.3, 0.4) is 0 Å². The second kappa shape index (κ2) is 5.23. The molecule has 0 aromatic heterocycles. The van der Waals surface area contributed by atoms with E-state index in [-0.39, 0.29) is 4.47 Å². The maximum Gasteiger partial charge on any atom is 0.173 e. The van der Waals surface area contributed by atoms with Gasteiger partial charge in [0.25, 0.3) is 0 Å². The minimum atomic E-state index is -0.777. The van der Waals surface area contributed by atoms with Gasteiger partial charge in [-0.25, -0.2) is 8.78 Å². The first-order chi connectivity index (χ1) is 7.68. The van der Waals surface area contributed by atoms with Gasteiger partial charge in [0.1, 0.15) is 0 Å². The Balaban J connectivity index is 2.11. The quantitative estimate of drug-likeness (QED) is 0.824. The van der Waals surface area contributed by atoms with E-state index in [1.165, 1.54) is 0 Å².